The Kier molecular flexibility index (Phi) is 5.30. The summed E-state index contributed by atoms with van der Waals surface area (Å²) >= 11 is 1.15. The van der Waals surface area contributed by atoms with Gasteiger partial charge in [0.1, 0.15) is 17.2 Å². The van der Waals surface area contributed by atoms with E-state index in [0.717, 1.165) is 28.3 Å². The van der Waals surface area contributed by atoms with Gasteiger partial charge < -0.3 is 15.2 Å². The molecule has 2 N–H and O–H groups in total. The Labute approximate surface area is 149 Å². The molecule has 0 spiro atoms. The molecular weight excluding hydrogens is 336 g/mol. The number of carboxylic acid groups (broad SMARTS) is 1. The molecule has 0 saturated heterocycles. The van der Waals surface area contributed by atoms with E-state index in [0.29, 0.717) is 23.9 Å². The molecule has 0 saturated carbocycles. The zero-order valence-corrected chi connectivity index (χ0v) is 14.5. The highest BCUT2D eigenvalue weighted by Gasteiger charge is 2.15. The second kappa shape index (κ2) is 7.81. The van der Waals surface area contributed by atoms with Crippen LogP contribution in [-0.2, 0) is 13.0 Å². The first kappa shape index (κ1) is 17.0. The highest BCUT2D eigenvalue weighted by atomic mass is 32.1. The number of benzene rings is 2. The van der Waals surface area contributed by atoms with Crippen LogP contribution in [0.3, 0.4) is 0 Å². The number of aryl methyl sites for hydroxylation is 1. The van der Waals surface area contributed by atoms with Crippen molar-refractivity contribution in [2.24, 2.45) is 0 Å². The van der Waals surface area contributed by atoms with Gasteiger partial charge in [0, 0.05) is 5.69 Å². The van der Waals surface area contributed by atoms with E-state index in [1.165, 1.54) is 0 Å². The number of carboxylic acids is 1. The van der Waals surface area contributed by atoms with Crippen molar-refractivity contribution in [1.29, 1.82) is 0 Å². The van der Waals surface area contributed by atoms with Crippen molar-refractivity contribution >= 4 is 28.1 Å². The Morgan fingerprint density at radius 2 is 1.88 bits per heavy atom. The third-order valence-electron chi connectivity index (χ3n) is 3.58. The Bertz CT molecular complexity index is 845. The normalized spacial score (nSPS) is 10.4. The Balaban J connectivity index is 1.63. The van der Waals surface area contributed by atoms with E-state index in [-0.39, 0.29) is 4.88 Å². The van der Waals surface area contributed by atoms with Gasteiger partial charge in [0.05, 0.1) is 5.69 Å². The second-order valence-electron chi connectivity index (χ2n) is 5.38. The number of ether oxygens (including phenoxy) is 1. The van der Waals surface area contributed by atoms with Crippen LogP contribution in [-0.4, -0.2) is 16.1 Å². The van der Waals surface area contributed by atoms with E-state index >= 15 is 0 Å². The molecular formula is C19H18N2O3S. The van der Waals surface area contributed by atoms with E-state index in [1.807, 2.05) is 61.5 Å². The number of carbonyl (C=O) groups is 1. The van der Waals surface area contributed by atoms with Crippen molar-refractivity contribution in [2.45, 2.75) is 20.0 Å². The number of aromatic nitrogens is 1. The molecule has 25 heavy (non-hydrogen) atoms. The Morgan fingerprint density at radius 3 is 2.48 bits per heavy atom. The molecule has 0 fully saturated rings. The molecule has 6 heteroatoms. The smallest absolute Gasteiger partial charge is 0.347 e. The summed E-state index contributed by atoms with van der Waals surface area (Å²) in [6, 6.07) is 17.5. The summed E-state index contributed by atoms with van der Waals surface area (Å²) in [5, 5.41) is 12.9. The van der Waals surface area contributed by atoms with E-state index in [1.54, 1.807) is 0 Å². The first-order valence-electron chi connectivity index (χ1n) is 7.92. The number of nitrogens with zero attached hydrogens (tertiary/aromatic N) is 1. The molecule has 0 aliphatic rings. The lowest BCUT2D eigenvalue weighted by atomic mass is 10.2. The molecule has 1 heterocycles. The van der Waals surface area contributed by atoms with Crippen LogP contribution in [0.5, 0.6) is 5.75 Å². The fourth-order valence-corrected chi connectivity index (χ4v) is 3.22. The summed E-state index contributed by atoms with van der Waals surface area (Å²) in [6.07, 6.45) is 0.589. The van der Waals surface area contributed by atoms with Crippen molar-refractivity contribution in [3.63, 3.8) is 0 Å². The van der Waals surface area contributed by atoms with Crippen LogP contribution in [0, 0.1) is 0 Å². The number of hydrogen-bond acceptors (Lipinski definition) is 5. The molecule has 128 valence electrons. The van der Waals surface area contributed by atoms with Crippen LogP contribution in [0.2, 0.25) is 0 Å². The van der Waals surface area contributed by atoms with Crippen molar-refractivity contribution in [3.8, 4) is 5.75 Å². The highest BCUT2D eigenvalue weighted by Crippen LogP contribution is 2.27. The van der Waals surface area contributed by atoms with Gasteiger partial charge in [-0.25, -0.2) is 9.78 Å². The molecule has 0 amide bonds. The fraction of sp³-hybridized carbons (Fsp3) is 0.158. The van der Waals surface area contributed by atoms with Gasteiger partial charge in [-0.1, -0.05) is 48.6 Å². The maximum atomic E-state index is 11.2. The molecule has 0 aliphatic carbocycles. The van der Waals surface area contributed by atoms with E-state index in [2.05, 4.69) is 10.3 Å². The van der Waals surface area contributed by atoms with Crippen LogP contribution < -0.4 is 10.1 Å². The highest BCUT2D eigenvalue weighted by molar-refractivity contribution is 7.17. The van der Waals surface area contributed by atoms with Crippen LogP contribution in [0.25, 0.3) is 0 Å². The lowest BCUT2D eigenvalue weighted by Crippen LogP contribution is -1.97. The SMILES string of the molecule is CCc1nc(Nc2ccc(OCc3ccccc3)cc2)sc1C(=O)O. The van der Waals surface area contributed by atoms with E-state index < -0.39 is 5.97 Å². The number of rotatable bonds is 7. The molecule has 0 bridgehead atoms. The average Bonchev–Trinajstić information content (AvgIpc) is 3.05. The Morgan fingerprint density at radius 1 is 1.16 bits per heavy atom. The van der Waals surface area contributed by atoms with Gasteiger partial charge in [0.2, 0.25) is 0 Å². The van der Waals surface area contributed by atoms with Gasteiger partial charge in [0.25, 0.3) is 0 Å². The molecule has 0 radical (unpaired) electrons. The minimum absolute atomic E-state index is 0.285. The molecule has 0 aliphatic heterocycles. The lowest BCUT2D eigenvalue weighted by molar-refractivity contribution is 0.0701. The van der Waals surface area contributed by atoms with Gasteiger partial charge in [0.15, 0.2) is 5.13 Å². The zero-order chi connectivity index (χ0) is 17.6. The summed E-state index contributed by atoms with van der Waals surface area (Å²) in [5.74, 6) is -0.166. The number of anilines is 2. The van der Waals surface area contributed by atoms with Gasteiger partial charge in [-0.2, -0.15) is 0 Å². The molecule has 3 rings (SSSR count). The molecule has 2 aromatic carbocycles. The number of aromatic carboxylic acids is 1. The summed E-state index contributed by atoms with van der Waals surface area (Å²) in [7, 11) is 0. The topological polar surface area (TPSA) is 71.5 Å². The van der Waals surface area contributed by atoms with E-state index in [9.17, 15) is 9.90 Å². The third-order valence-corrected chi connectivity index (χ3v) is 4.58. The van der Waals surface area contributed by atoms with Crippen LogP contribution in [0.15, 0.2) is 54.6 Å². The van der Waals surface area contributed by atoms with Gasteiger partial charge in [-0.15, -0.1) is 0 Å². The number of thiazole rings is 1. The maximum absolute atomic E-state index is 11.2. The van der Waals surface area contributed by atoms with Gasteiger partial charge in [-0.05, 0) is 36.2 Å². The van der Waals surface area contributed by atoms with Crippen LogP contribution in [0.4, 0.5) is 10.8 Å². The molecule has 5 nitrogen and oxygen atoms in total. The third kappa shape index (κ3) is 4.36. The number of nitrogens with one attached hydrogen (secondary N) is 1. The molecule has 0 atom stereocenters. The lowest BCUT2D eigenvalue weighted by Gasteiger charge is -2.07. The second-order valence-corrected chi connectivity index (χ2v) is 6.38. The first-order chi connectivity index (χ1) is 12.2. The quantitative estimate of drug-likeness (QED) is 0.642. The summed E-state index contributed by atoms with van der Waals surface area (Å²) in [6.45, 7) is 2.41. The van der Waals surface area contributed by atoms with Crippen LogP contribution in [0.1, 0.15) is 27.9 Å². The molecule has 1 aromatic heterocycles. The minimum atomic E-state index is -0.938. The summed E-state index contributed by atoms with van der Waals surface area (Å²) in [5.41, 5.74) is 2.55. The van der Waals surface area contributed by atoms with Crippen molar-refractivity contribution < 1.29 is 14.6 Å². The standard InChI is InChI=1S/C19H18N2O3S/c1-2-16-17(18(22)23)25-19(21-16)20-14-8-10-15(11-9-14)24-12-13-6-4-3-5-7-13/h3-11H,2,12H2,1H3,(H,20,21)(H,22,23). The van der Waals surface area contributed by atoms with Crippen molar-refractivity contribution in [3.05, 3.63) is 70.7 Å². The number of hydrogen-bond donors (Lipinski definition) is 2. The van der Waals surface area contributed by atoms with Gasteiger partial charge in [-0.3, -0.25) is 0 Å². The monoisotopic (exact) mass is 354 g/mol. The minimum Gasteiger partial charge on any atom is -0.489 e. The largest absolute Gasteiger partial charge is 0.489 e. The Hall–Kier alpha value is -2.86. The summed E-state index contributed by atoms with van der Waals surface area (Å²) < 4.78 is 5.75. The van der Waals surface area contributed by atoms with Crippen LogP contribution >= 0.6 is 11.3 Å². The fourth-order valence-electron chi connectivity index (χ4n) is 2.31. The molecule has 3 aromatic rings. The predicted molar refractivity (Wildman–Crippen MR) is 99.0 cm³/mol. The van der Waals surface area contributed by atoms with Gasteiger partial charge >= 0.3 is 5.97 Å². The van der Waals surface area contributed by atoms with Crippen molar-refractivity contribution in [1.82, 2.24) is 4.98 Å². The summed E-state index contributed by atoms with van der Waals surface area (Å²) in [4.78, 5) is 15.8. The van der Waals surface area contributed by atoms with Crippen molar-refractivity contribution in [2.75, 3.05) is 5.32 Å². The zero-order valence-electron chi connectivity index (χ0n) is 13.7. The first-order valence-corrected chi connectivity index (χ1v) is 8.74. The van der Waals surface area contributed by atoms with E-state index in [4.69, 9.17) is 4.74 Å². The molecule has 0 unspecified atom stereocenters. The maximum Gasteiger partial charge on any atom is 0.347 e. The average molecular weight is 354 g/mol. The predicted octanol–water partition coefficient (Wildman–Crippen LogP) is 4.73.